The minimum atomic E-state index is -0.0904. The molecule has 0 saturated carbocycles. The first-order valence-electron chi connectivity index (χ1n) is 6.21. The molecule has 0 atom stereocenters. The smallest absolute Gasteiger partial charge is 0.293 e. The van der Waals surface area contributed by atoms with Crippen molar-refractivity contribution in [1.82, 2.24) is 24.5 Å². The quantitative estimate of drug-likeness (QED) is 0.751. The molecule has 94 valence electrons. The molecule has 0 unspecified atom stereocenters. The largest absolute Gasteiger partial charge is 0.336 e. The van der Waals surface area contributed by atoms with Crippen molar-refractivity contribution in [3.63, 3.8) is 0 Å². The molecule has 0 aromatic carbocycles. The summed E-state index contributed by atoms with van der Waals surface area (Å²) in [6, 6.07) is 1.76. The van der Waals surface area contributed by atoms with Crippen molar-refractivity contribution in [2.75, 3.05) is 13.1 Å². The lowest BCUT2D eigenvalue weighted by atomic mass is 9.99. The maximum Gasteiger partial charge on any atom is 0.293 e. The average molecular weight is 245 g/mol. The summed E-state index contributed by atoms with van der Waals surface area (Å²) in [4.78, 5) is 22.3. The van der Waals surface area contributed by atoms with Gasteiger partial charge in [-0.3, -0.25) is 4.79 Å². The van der Waals surface area contributed by atoms with Crippen LogP contribution in [0.3, 0.4) is 0 Å². The maximum absolute atomic E-state index is 12.2. The van der Waals surface area contributed by atoms with Gasteiger partial charge in [0.2, 0.25) is 5.82 Å². The minimum absolute atomic E-state index is 0.0904. The fourth-order valence-electron chi connectivity index (χ4n) is 2.18. The highest BCUT2D eigenvalue weighted by Crippen LogP contribution is 2.17. The second-order valence-corrected chi connectivity index (χ2v) is 4.77. The molecule has 1 amide bonds. The summed E-state index contributed by atoms with van der Waals surface area (Å²) in [6.07, 6.45) is 5.49. The number of carbonyl (C=O) groups excluding carboxylic acids is 1. The van der Waals surface area contributed by atoms with E-state index in [0.29, 0.717) is 11.7 Å². The van der Waals surface area contributed by atoms with Gasteiger partial charge in [0.1, 0.15) is 0 Å². The van der Waals surface area contributed by atoms with Gasteiger partial charge in [0.15, 0.2) is 0 Å². The van der Waals surface area contributed by atoms with Gasteiger partial charge in [0.25, 0.3) is 11.7 Å². The molecule has 0 radical (unpaired) electrons. The van der Waals surface area contributed by atoms with Crippen LogP contribution in [0.4, 0.5) is 0 Å². The zero-order chi connectivity index (χ0) is 12.5. The summed E-state index contributed by atoms with van der Waals surface area (Å²) in [5.74, 6) is 1.31. The van der Waals surface area contributed by atoms with Crippen molar-refractivity contribution in [3.05, 3.63) is 24.3 Å². The lowest BCUT2D eigenvalue weighted by molar-refractivity contribution is 0.0685. The molecule has 18 heavy (non-hydrogen) atoms. The lowest BCUT2D eigenvalue weighted by Crippen LogP contribution is -2.38. The van der Waals surface area contributed by atoms with Crippen LogP contribution < -0.4 is 0 Å². The fourth-order valence-corrected chi connectivity index (χ4v) is 2.18. The predicted octanol–water partition coefficient (Wildman–Crippen LogP) is 0.996. The number of amides is 1. The van der Waals surface area contributed by atoms with E-state index in [4.69, 9.17) is 0 Å². The molecular formula is C12H15N5O. The van der Waals surface area contributed by atoms with E-state index in [1.165, 1.54) is 4.52 Å². The molecule has 1 fully saturated rings. The Kier molecular flexibility index (Phi) is 2.70. The highest BCUT2D eigenvalue weighted by molar-refractivity contribution is 5.90. The third kappa shape index (κ3) is 1.94. The van der Waals surface area contributed by atoms with Crippen LogP contribution in [0.2, 0.25) is 0 Å². The highest BCUT2D eigenvalue weighted by Gasteiger charge is 2.24. The number of fused-ring (bicyclic) bond motifs is 1. The lowest BCUT2D eigenvalue weighted by Gasteiger charge is -2.29. The summed E-state index contributed by atoms with van der Waals surface area (Å²) in [5.41, 5.74) is 0. The van der Waals surface area contributed by atoms with Crippen LogP contribution in [0.5, 0.6) is 0 Å². The molecule has 0 N–H and O–H groups in total. The number of hydrogen-bond acceptors (Lipinski definition) is 4. The Labute approximate surface area is 105 Å². The number of aromatic nitrogens is 4. The molecule has 0 spiro atoms. The van der Waals surface area contributed by atoms with Crippen LogP contribution in [-0.4, -0.2) is 43.5 Å². The molecule has 1 saturated heterocycles. The van der Waals surface area contributed by atoms with E-state index in [0.717, 1.165) is 25.9 Å². The van der Waals surface area contributed by atoms with E-state index in [1.54, 1.807) is 18.5 Å². The van der Waals surface area contributed by atoms with Gasteiger partial charge < -0.3 is 4.90 Å². The third-order valence-electron chi connectivity index (χ3n) is 3.38. The van der Waals surface area contributed by atoms with E-state index in [-0.39, 0.29) is 11.7 Å². The SMILES string of the molecule is CC1CCN(C(=O)c2nc3ncccn3n2)CC1. The van der Waals surface area contributed by atoms with Crippen molar-refractivity contribution < 1.29 is 4.79 Å². The second kappa shape index (κ2) is 4.36. The monoisotopic (exact) mass is 245 g/mol. The molecule has 3 heterocycles. The Morgan fingerprint density at radius 1 is 1.39 bits per heavy atom. The number of rotatable bonds is 1. The van der Waals surface area contributed by atoms with Crippen molar-refractivity contribution in [2.45, 2.75) is 19.8 Å². The second-order valence-electron chi connectivity index (χ2n) is 4.77. The van der Waals surface area contributed by atoms with Crippen molar-refractivity contribution >= 4 is 11.7 Å². The Balaban J connectivity index is 1.83. The van der Waals surface area contributed by atoms with Crippen LogP contribution in [0, 0.1) is 5.92 Å². The number of hydrogen-bond donors (Lipinski definition) is 0. The Hall–Kier alpha value is -1.98. The topological polar surface area (TPSA) is 63.4 Å². The molecule has 6 heteroatoms. The zero-order valence-electron chi connectivity index (χ0n) is 10.3. The zero-order valence-corrected chi connectivity index (χ0v) is 10.3. The summed E-state index contributed by atoms with van der Waals surface area (Å²) < 4.78 is 1.53. The summed E-state index contributed by atoms with van der Waals surface area (Å²) >= 11 is 0. The van der Waals surface area contributed by atoms with Gasteiger partial charge in [-0.05, 0) is 24.8 Å². The van der Waals surface area contributed by atoms with Gasteiger partial charge in [0, 0.05) is 25.5 Å². The average Bonchev–Trinajstić information content (AvgIpc) is 2.82. The number of carbonyl (C=O) groups is 1. The van der Waals surface area contributed by atoms with Gasteiger partial charge in [-0.1, -0.05) is 6.92 Å². The number of likely N-dealkylation sites (tertiary alicyclic amines) is 1. The Morgan fingerprint density at radius 2 is 2.17 bits per heavy atom. The summed E-state index contributed by atoms with van der Waals surface area (Å²) in [6.45, 7) is 3.81. The van der Waals surface area contributed by atoms with E-state index in [2.05, 4.69) is 22.0 Å². The molecule has 0 aliphatic carbocycles. The number of nitrogens with zero attached hydrogens (tertiary/aromatic N) is 5. The molecule has 1 aliphatic heterocycles. The predicted molar refractivity (Wildman–Crippen MR) is 65.1 cm³/mol. The van der Waals surface area contributed by atoms with Gasteiger partial charge in [-0.2, -0.15) is 4.98 Å². The molecule has 2 aromatic heterocycles. The van der Waals surface area contributed by atoms with Crippen LogP contribution in [0.25, 0.3) is 5.78 Å². The van der Waals surface area contributed by atoms with Crippen LogP contribution in [0.15, 0.2) is 18.5 Å². The molecule has 2 aromatic rings. The molecule has 0 bridgehead atoms. The first-order chi connectivity index (χ1) is 8.74. The molecular weight excluding hydrogens is 230 g/mol. The van der Waals surface area contributed by atoms with E-state index >= 15 is 0 Å². The number of piperidine rings is 1. The summed E-state index contributed by atoms with van der Waals surface area (Å²) in [5, 5.41) is 4.16. The van der Waals surface area contributed by atoms with Gasteiger partial charge in [0.05, 0.1) is 0 Å². The van der Waals surface area contributed by atoms with E-state index in [9.17, 15) is 4.79 Å². The molecule has 6 nitrogen and oxygen atoms in total. The van der Waals surface area contributed by atoms with Gasteiger partial charge >= 0.3 is 0 Å². The fraction of sp³-hybridized carbons (Fsp3) is 0.500. The Bertz CT molecular complexity index is 538. The van der Waals surface area contributed by atoms with Crippen LogP contribution in [0.1, 0.15) is 30.4 Å². The van der Waals surface area contributed by atoms with E-state index in [1.807, 2.05) is 4.90 Å². The standard InChI is InChI=1S/C12H15N5O/c1-9-3-7-16(8-4-9)11(18)10-14-12-13-5-2-6-17(12)15-10/h2,5-6,9H,3-4,7-8H2,1H3. The molecule has 3 rings (SSSR count). The van der Waals surface area contributed by atoms with Crippen LogP contribution in [-0.2, 0) is 0 Å². The third-order valence-corrected chi connectivity index (χ3v) is 3.38. The molecule has 1 aliphatic rings. The first-order valence-corrected chi connectivity index (χ1v) is 6.21. The van der Waals surface area contributed by atoms with Crippen LogP contribution >= 0.6 is 0 Å². The minimum Gasteiger partial charge on any atom is -0.336 e. The maximum atomic E-state index is 12.2. The van der Waals surface area contributed by atoms with Crippen molar-refractivity contribution in [1.29, 1.82) is 0 Å². The normalized spacial score (nSPS) is 17.3. The van der Waals surface area contributed by atoms with E-state index < -0.39 is 0 Å². The van der Waals surface area contributed by atoms with Crippen molar-refractivity contribution in [3.8, 4) is 0 Å². The van der Waals surface area contributed by atoms with Crippen molar-refractivity contribution in [2.24, 2.45) is 5.92 Å². The van der Waals surface area contributed by atoms with Gasteiger partial charge in [-0.15, -0.1) is 5.10 Å². The summed E-state index contributed by atoms with van der Waals surface area (Å²) in [7, 11) is 0. The highest BCUT2D eigenvalue weighted by atomic mass is 16.2. The Morgan fingerprint density at radius 3 is 2.89 bits per heavy atom. The van der Waals surface area contributed by atoms with Gasteiger partial charge in [-0.25, -0.2) is 9.50 Å². The first kappa shape index (κ1) is 11.1.